The molecule has 3 aromatic rings. The Morgan fingerprint density at radius 1 is 1.24 bits per heavy atom. The molecule has 4 nitrogen and oxygen atoms in total. The third-order valence-electron chi connectivity index (χ3n) is 4.29. The molecule has 0 amide bonds. The van der Waals surface area contributed by atoms with Gasteiger partial charge in [0.25, 0.3) is 0 Å². The van der Waals surface area contributed by atoms with Crippen LogP contribution in [-0.2, 0) is 24.6 Å². The number of hydrogen-bond donors (Lipinski definition) is 0. The van der Waals surface area contributed by atoms with Crippen LogP contribution in [0.15, 0.2) is 53.4 Å². The Balaban J connectivity index is 1.89. The Hall–Kier alpha value is -2.70. The first-order valence-corrected chi connectivity index (χ1v) is 9.13. The quantitative estimate of drug-likeness (QED) is 0.464. The van der Waals surface area contributed by atoms with E-state index in [1.807, 2.05) is 0 Å². The fraction of sp³-hybridized carbons (Fsp3) is 0.200. The predicted octanol–water partition coefficient (Wildman–Crippen LogP) is 5.52. The van der Waals surface area contributed by atoms with Crippen molar-refractivity contribution in [2.75, 3.05) is 0 Å². The number of rotatable bonds is 5. The average molecular weight is 468 g/mol. The fourth-order valence-corrected chi connectivity index (χ4v) is 3.30. The van der Waals surface area contributed by atoms with Crippen molar-refractivity contribution in [3.63, 3.8) is 0 Å². The number of imidazole rings is 1. The Kier molecular flexibility index (Phi) is 6.05. The fourth-order valence-electron chi connectivity index (χ4n) is 2.82. The molecular formula is C20H14BrF4N3O. The summed E-state index contributed by atoms with van der Waals surface area (Å²) in [4.78, 5) is 4.07. The third-order valence-corrected chi connectivity index (χ3v) is 4.95. The van der Waals surface area contributed by atoms with Crippen LogP contribution in [0.4, 0.5) is 17.6 Å². The summed E-state index contributed by atoms with van der Waals surface area (Å²) < 4.78 is 60.3. The molecule has 0 aliphatic heterocycles. The lowest BCUT2D eigenvalue weighted by Gasteiger charge is -2.20. The molecule has 150 valence electrons. The Bertz CT molecular complexity index is 1070. The molecule has 9 heteroatoms. The zero-order chi connectivity index (χ0) is 21.2. The van der Waals surface area contributed by atoms with E-state index in [0.717, 1.165) is 6.07 Å². The van der Waals surface area contributed by atoms with Gasteiger partial charge >= 0.3 is 6.18 Å². The lowest BCUT2D eigenvalue weighted by Crippen LogP contribution is -2.12. The molecule has 0 spiro atoms. The molecule has 3 rings (SSSR count). The van der Waals surface area contributed by atoms with Crippen molar-refractivity contribution in [3.05, 3.63) is 87.2 Å². The number of aryl methyl sites for hydroxylation is 1. The average Bonchev–Trinajstić information content (AvgIpc) is 3.07. The first-order valence-electron chi connectivity index (χ1n) is 8.33. The number of nitriles is 1. The second-order valence-corrected chi connectivity index (χ2v) is 7.14. The van der Waals surface area contributed by atoms with Gasteiger partial charge < -0.3 is 9.30 Å². The van der Waals surface area contributed by atoms with Crippen LogP contribution < -0.4 is 0 Å². The number of alkyl halides is 3. The summed E-state index contributed by atoms with van der Waals surface area (Å²) in [6, 6.07) is 9.82. The van der Waals surface area contributed by atoms with E-state index in [2.05, 4.69) is 27.0 Å². The molecule has 0 aliphatic carbocycles. The van der Waals surface area contributed by atoms with E-state index in [1.165, 1.54) is 6.07 Å². The minimum Gasteiger partial charge on any atom is -0.363 e. The van der Waals surface area contributed by atoms with Crippen LogP contribution >= 0.6 is 15.9 Å². The van der Waals surface area contributed by atoms with Gasteiger partial charge in [0.2, 0.25) is 0 Å². The van der Waals surface area contributed by atoms with Crippen LogP contribution in [0.3, 0.4) is 0 Å². The minimum absolute atomic E-state index is 0.122. The summed E-state index contributed by atoms with van der Waals surface area (Å²) in [5, 5.41) is 9.09. The molecule has 1 unspecified atom stereocenters. The molecule has 2 aromatic carbocycles. The van der Waals surface area contributed by atoms with Crippen molar-refractivity contribution < 1.29 is 22.3 Å². The number of halogens is 5. The Labute approximate surface area is 172 Å². The molecule has 1 aromatic heterocycles. The maximum Gasteiger partial charge on any atom is 0.419 e. The van der Waals surface area contributed by atoms with Gasteiger partial charge in [-0.2, -0.15) is 18.4 Å². The van der Waals surface area contributed by atoms with Crippen molar-refractivity contribution in [3.8, 4) is 6.07 Å². The first-order chi connectivity index (χ1) is 13.7. The molecule has 0 saturated carbocycles. The summed E-state index contributed by atoms with van der Waals surface area (Å²) in [5.74, 6) is -1.35. The van der Waals surface area contributed by atoms with Gasteiger partial charge in [0.05, 0.1) is 36.0 Å². The second kappa shape index (κ2) is 8.35. The number of ether oxygens (including phenoxy) is 1. The topological polar surface area (TPSA) is 50.8 Å². The molecule has 29 heavy (non-hydrogen) atoms. The number of nitrogens with zero attached hydrogens (tertiary/aromatic N) is 3. The lowest BCUT2D eigenvalue weighted by atomic mass is 10.0. The van der Waals surface area contributed by atoms with Crippen LogP contribution in [0.5, 0.6) is 0 Å². The zero-order valence-electron chi connectivity index (χ0n) is 15.0. The zero-order valence-corrected chi connectivity index (χ0v) is 16.6. The molecule has 0 N–H and O–H groups in total. The molecule has 0 radical (unpaired) electrons. The summed E-state index contributed by atoms with van der Waals surface area (Å²) in [6.45, 7) is -0.122. The van der Waals surface area contributed by atoms with Gasteiger partial charge in [0.1, 0.15) is 18.0 Å². The smallest absolute Gasteiger partial charge is 0.363 e. The van der Waals surface area contributed by atoms with Gasteiger partial charge in [-0.1, -0.05) is 12.1 Å². The van der Waals surface area contributed by atoms with Gasteiger partial charge in [-0.05, 0) is 51.3 Å². The van der Waals surface area contributed by atoms with Gasteiger partial charge in [0, 0.05) is 11.5 Å². The summed E-state index contributed by atoms with van der Waals surface area (Å²) in [5.41, 5.74) is 0.777. The van der Waals surface area contributed by atoms with Crippen molar-refractivity contribution in [2.24, 2.45) is 7.05 Å². The van der Waals surface area contributed by atoms with Crippen LogP contribution in [-0.4, -0.2) is 9.55 Å². The van der Waals surface area contributed by atoms with Crippen LogP contribution in [0, 0.1) is 17.1 Å². The maximum atomic E-state index is 13.8. The van der Waals surface area contributed by atoms with Crippen molar-refractivity contribution >= 4 is 15.9 Å². The van der Waals surface area contributed by atoms with Crippen LogP contribution in [0.25, 0.3) is 0 Å². The number of hydrogen-bond acceptors (Lipinski definition) is 3. The summed E-state index contributed by atoms with van der Waals surface area (Å²) in [6.07, 6.45) is -2.20. The molecule has 0 bridgehead atoms. The predicted molar refractivity (Wildman–Crippen MR) is 100 cm³/mol. The van der Waals surface area contributed by atoms with Gasteiger partial charge in [-0.3, -0.25) is 0 Å². The molecule has 1 atom stereocenters. The second-order valence-electron chi connectivity index (χ2n) is 6.28. The first kappa shape index (κ1) is 21.0. The van der Waals surface area contributed by atoms with E-state index in [-0.39, 0.29) is 12.2 Å². The van der Waals surface area contributed by atoms with Crippen LogP contribution in [0.2, 0.25) is 0 Å². The van der Waals surface area contributed by atoms with Gasteiger partial charge in [-0.25, -0.2) is 9.37 Å². The molecule has 0 saturated heterocycles. The van der Waals surface area contributed by atoms with Crippen molar-refractivity contribution in [1.82, 2.24) is 9.55 Å². The normalized spacial score (nSPS) is 12.6. The highest BCUT2D eigenvalue weighted by atomic mass is 79.9. The highest BCUT2D eigenvalue weighted by Crippen LogP contribution is 2.33. The highest BCUT2D eigenvalue weighted by molar-refractivity contribution is 9.10. The third kappa shape index (κ3) is 4.66. The SMILES string of the molecule is Cn1cncc1C(OCc1ccc(C(F)(F)F)c(F)c1)c1ccc(C#N)c(Br)c1. The number of aromatic nitrogens is 2. The van der Waals surface area contributed by atoms with E-state index in [4.69, 9.17) is 10.00 Å². The Morgan fingerprint density at radius 3 is 2.55 bits per heavy atom. The van der Waals surface area contributed by atoms with Crippen LogP contribution in [0.1, 0.15) is 34.1 Å². The van der Waals surface area contributed by atoms with E-state index in [1.54, 1.807) is 42.3 Å². The minimum atomic E-state index is -4.75. The van der Waals surface area contributed by atoms with Gasteiger partial charge in [-0.15, -0.1) is 0 Å². The molecular weight excluding hydrogens is 454 g/mol. The van der Waals surface area contributed by atoms with Gasteiger partial charge in [0.15, 0.2) is 0 Å². The van der Waals surface area contributed by atoms with E-state index in [0.29, 0.717) is 27.4 Å². The highest BCUT2D eigenvalue weighted by Gasteiger charge is 2.34. The van der Waals surface area contributed by atoms with Crippen molar-refractivity contribution in [2.45, 2.75) is 18.9 Å². The Morgan fingerprint density at radius 2 is 2.00 bits per heavy atom. The monoisotopic (exact) mass is 467 g/mol. The number of benzene rings is 2. The lowest BCUT2D eigenvalue weighted by molar-refractivity contribution is -0.140. The molecule has 0 aliphatic rings. The molecule has 1 heterocycles. The van der Waals surface area contributed by atoms with Crippen molar-refractivity contribution in [1.29, 1.82) is 5.26 Å². The van der Waals surface area contributed by atoms with E-state index < -0.39 is 23.7 Å². The van der Waals surface area contributed by atoms with E-state index in [9.17, 15) is 17.6 Å². The van der Waals surface area contributed by atoms with E-state index >= 15 is 0 Å². The maximum absolute atomic E-state index is 13.8. The summed E-state index contributed by atoms with van der Waals surface area (Å²) in [7, 11) is 1.77. The largest absolute Gasteiger partial charge is 0.419 e. The standard InChI is InChI=1S/C20H14BrF4N3O/c1-28-11-27-9-18(28)19(13-3-4-14(8-26)16(21)7-13)29-10-12-2-5-15(17(22)6-12)20(23,24)25/h2-7,9,11,19H,10H2,1H3. The summed E-state index contributed by atoms with van der Waals surface area (Å²) >= 11 is 3.33. The molecule has 0 fully saturated rings.